The van der Waals surface area contributed by atoms with Gasteiger partial charge >= 0.3 is 0 Å². The van der Waals surface area contributed by atoms with E-state index in [1.807, 2.05) is 13.8 Å². The van der Waals surface area contributed by atoms with Gasteiger partial charge < -0.3 is 14.0 Å². The van der Waals surface area contributed by atoms with Gasteiger partial charge in [-0.15, -0.1) is 0 Å². The molecule has 0 aromatic carbocycles. The van der Waals surface area contributed by atoms with Crippen LogP contribution in [0.3, 0.4) is 0 Å². The molecule has 1 aliphatic rings. The van der Waals surface area contributed by atoms with Gasteiger partial charge in [-0.1, -0.05) is 5.16 Å². The molecule has 0 spiro atoms. The highest BCUT2D eigenvalue weighted by Gasteiger charge is 2.23. The average molecular weight is 212 g/mol. The number of nitrogens with zero attached hydrogens (tertiary/aromatic N) is 2. The molecule has 1 fully saturated rings. The van der Waals surface area contributed by atoms with E-state index in [4.69, 9.17) is 14.0 Å². The highest BCUT2D eigenvalue weighted by atomic mass is 16.5. The summed E-state index contributed by atoms with van der Waals surface area (Å²) < 4.78 is 15.8. The molecule has 2 heterocycles. The third kappa shape index (κ3) is 2.76. The van der Waals surface area contributed by atoms with Crippen molar-refractivity contribution >= 4 is 0 Å². The van der Waals surface area contributed by atoms with Crippen LogP contribution in [0.5, 0.6) is 0 Å². The monoisotopic (exact) mass is 212 g/mol. The lowest BCUT2D eigenvalue weighted by atomic mass is 10.1. The zero-order chi connectivity index (χ0) is 10.7. The first-order valence-electron chi connectivity index (χ1n) is 5.27. The standard InChI is InChI=1S/C10H16N2O3/c1-7(2)14-6-9-11-10(15-12-9)8-3-4-13-5-8/h7-8H,3-6H2,1-2H3/t8-/m0/s1. The van der Waals surface area contributed by atoms with Gasteiger partial charge in [0.25, 0.3) is 0 Å². The summed E-state index contributed by atoms with van der Waals surface area (Å²) >= 11 is 0. The van der Waals surface area contributed by atoms with E-state index in [2.05, 4.69) is 10.1 Å². The van der Waals surface area contributed by atoms with Crippen LogP contribution in [0.25, 0.3) is 0 Å². The van der Waals surface area contributed by atoms with Crippen LogP contribution in [-0.2, 0) is 16.1 Å². The number of hydrogen-bond donors (Lipinski definition) is 0. The Hall–Kier alpha value is -0.940. The maximum atomic E-state index is 5.39. The zero-order valence-electron chi connectivity index (χ0n) is 9.10. The largest absolute Gasteiger partial charge is 0.381 e. The van der Waals surface area contributed by atoms with E-state index < -0.39 is 0 Å². The maximum absolute atomic E-state index is 5.39. The summed E-state index contributed by atoms with van der Waals surface area (Å²) in [6.45, 7) is 5.84. The minimum atomic E-state index is 0.182. The highest BCUT2D eigenvalue weighted by molar-refractivity contribution is 4.95. The molecule has 0 aliphatic carbocycles. The fourth-order valence-electron chi connectivity index (χ4n) is 1.46. The molecule has 1 atom stereocenters. The Labute approximate surface area is 88.8 Å². The van der Waals surface area contributed by atoms with Gasteiger partial charge in [-0.05, 0) is 20.3 Å². The highest BCUT2D eigenvalue weighted by Crippen LogP contribution is 2.23. The van der Waals surface area contributed by atoms with Gasteiger partial charge in [0, 0.05) is 6.61 Å². The molecule has 1 aromatic heterocycles. The summed E-state index contributed by atoms with van der Waals surface area (Å²) in [7, 11) is 0. The Kier molecular flexibility index (Phi) is 3.33. The molecule has 0 N–H and O–H groups in total. The molecule has 1 aliphatic heterocycles. The lowest BCUT2D eigenvalue weighted by Crippen LogP contribution is -2.04. The molecule has 0 radical (unpaired) electrons. The van der Waals surface area contributed by atoms with Gasteiger partial charge in [-0.2, -0.15) is 4.98 Å². The number of ether oxygens (including phenoxy) is 2. The van der Waals surface area contributed by atoms with E-state index in [1.54, 1.807) is 0 Å². The zero-order valence-corrected chi connectivity index (χ0v) is 9.10. The van der Waals surface area contributed by atoms with Gasteiger partial charge in [0.1, 0.15) is 6.61 Å². The van der Waals surface area contributed by atoms with E-state index in [0.29, 0.717) is 24.9 Å². The molecule has 5 nitrogen and oxygen atoms in total. The first-order chi connectivity index (χ1) is 7.25. The number of hydrogen-bond acceptors (Lipinski definition) is 5. The van der Waals surface area contributed by atoms with Crippen LogP contribution >= 0.6 is 0 Å². The summed E-state index contributed by atoms with van der Waals surface area (Å²) in [6, 6.07) is 0. The number of rotatable bonds is 4. The van der Waals surface area contributed by atoms with Crippen LogP contribution in [0.15, 0.2) is 4.52 Å². The summed E-state index contributed by atoms with van der Waals surface area (Å²) in [5, 5.41) is 3.87. The quantitative estimate of drug-likeness (QED) is 0.757. The van der Waals surface area contributed by atoms with Crippen LogP contribution in [0.1, 0.15) is 37.9 Å². The second-order valence-corrected chi connectivity index (χ2v) is 3.97. The molecular weight excluding hydrogens is 196 g/mol. The van der Waals surface area contributed by atoms with Crippen LogP contribution in [0.4, 0.5) is 0 Å². The van der Waals surface area contributed by atoms with E-state index in [0.717, 1.165) is 13.0 Å². The minimum absolute atomic E-state index is 0.182. The van der Waals surface area contributed by atoms with Crippen LogP contribution in [0, 0.1) is 0 Å². The fourth-order valence-corrected chi connectivity index (χ4v) is 1.46. The van der Waals surface area contributed by atoms with Crippen molar-refractivity contribution in [1.29, 1.82) is 0 Å². The molecule has 0 amide bonds. The topological polar surface area (TPSA) is 57.4 Å². The van der Waals surface area contributed by atoms with Gasteiger partial charge in [0.2, 0.25) is 5.89 Å². The Morgan fingerprint density at radius 2 is 2.40 bits per heavy atom. The Bertz CT molecular complexity index is 305. The van der Waals surface area contributed by atoms with Crippen LogP contribution in [-0.4, -0.2) is 29.5 Å². The molecule has 1 aromatic rings. The minimum Gasteiger partial charge on any atom is -0.381 e. The molecule has 0 unspecified atom stereocenters. The van der Waals surface area contributed by atoms with Crippen molar-refractivity contribution in [2.45, 2.75) is 38.9 Å². The van der Waals surface area contributed by atoms with Crippen molar-refractivity contribution in [2.75, 3.05) is 13.2 Å². The summed E-state index contributed by atoms with van der Waals surface area (Å²) in [6.07, 6.45) is 1.15. The van der Waals surface area contributed by atoms with Crippen molar-refractivity contribution in [1.82, 2.24) is 10.1 Å². The lowest BCUT2D eigenvalue weighted by molar-refractivity contribution is 0.0601. The molecule has 0 saturated carbocycles. The van der Waals surface area contributed by atoms with Gasteiger partial charge in [-0.3, -0.25) is 0 Å². The molecule has 1 saturated heterocycles. The Balaban J connectivity index is 1.91. The summed E-state index contributed by atoms with van der Waals surface area (Å²) in [4.78, 5) is 4.28. The molecule has 84 valence electrons. The SMILES string of the molecule is CC(C)OCc1noc([C@H]2CCOC2)n1. The van der Waals surface area contributed by atoms with Crippen LogP contribution in [0.2, 0.25) is 0 Å². The lowest BCUT2D eigenvalue weighted by Gasteiger charge is -2.02. The molecule has 15 heavy (non-hydrogen) atoms. The van der Waals surface area contributed by atoms with E-state index in [1.165, 1.54) is 0 Å². The predicted octanol–water partition coefficient (Wildman–Crippen LogP) is 1.50. The number of aromatic nitrogens is 2. The van der Waals surface area contributed by atoms with E-state index >= 15 is 0 Å². The predicted molar refractivity (Wildman–Crippen MR) is 52.4 cm³/mol. The molecule has 0 bridgehead atoms. The van der Waals surface area contributed by atoms with Crippen molar-refractivity contribution in [3.05, 3.63) is 11.7 Å². The Morgan fingerprint density at radius 3 is 3.07 bits per heavy atom. The van der Waals surface area contributed by atoms with E-state index in [-0.39, 0.29) is 12.0 Å². The van der Waals surface area contributed by atoms with E-state index in [9.17, 15) is 0 Å². The second kappa shape index (κ2) is 4.72. The second-order valence-electron chi connectivity index (χ2n) is 3.97. The molecule has 2 rings (SSSR count). The average Bonchev–Trinajstić information content (AvgIpc) is 2.85. The molecular formula is C10H16N2O3. The van der Waals surface area contributed by atoms with Gasteiger partial charge in [-0.25, -0.2) is 0 Å². The Morgan fingerprint density at radius 1 is 1.53 bits per heavy atom. The van der Waals surface area contributed by atoms with Crippen LogP contribution < -0.4 is 0 Å². The third-order valence-electron chi connectivity index (χ3n) is 2.31. The van der Waals surface area contributed by atoms with Gasteiger partial charge in [0.05, 0.1) is 18.6 Å². The van der Waals surface area contributed by atoms with Crippen molar-refractivity contribution < 1.29 is 14.0 Å². The van der Waals surface area contributed by atoms with Crippen molar-refractivity contribution in [3.63, 3.8) is 0 Å². The van der Waals surface area contributed by atoms with Crippen molar-refractivity contribution in [3.8, 4) is 0 Å². The fraction of sp³-hybridized carbons (Fsp3) is 0.800. The normalized spacial score (nSPS) is 21.4. The van der Waals surface area contributed by atoms with Crippen molar-refractivity contribution in [2.24, 2.45) is 0 Å². The third-order valence-corrected chi connectivity index (χ3v) is 2.31. The smallest absolute Gasteiger partial charge is 0.232 e. The summed E-state index contributed by atoms with van der Waals surface area (Å²) in [5.74, 6) is 1.56. The maximum Gasteiger partial charge on any atom is 0.232 e. The molecule has 5 heteroatoms. The summed E-state index contributed by atoms with van der Waals surface area (Å²) in [5.41, 5.74) is 0. The van der Waals surface area contributed by atoms with Gasteiger partial charge in [0.15, 0.2) is 5.82 Å². The first kappa shape index (κ1) is 10.6. The first-order valence-corrected chi connectivity index (χ1v) is 5.27.